The number of hydrogen-bond acceptors (Lipinski definition) is 2. The van der Waals surface area contributed by atoms with E-state index in [1.165, 1.54) is 0 Å². The summed E-state index contributed by atoms with van der Waals surface area (Å²) in [5.41, 5.74) is 2.08. The largest absolute Gasteiger partial charge is 0.481 e. The maximum absolute atomic E-state index is 11.0. The first kappa shape index (κ1) is 10.2. The van der Waals surface area contributed by atoms with Gasteiger partial charge in [-0.25, -0.2) is 0 Å². The van der Waals surface area contributed by atoms with Crippen molar-refractivity contribution < 1.29 is 9.90 Å². The van der Waals surface area contributed by atoms with Crippen LogP contribution in [0.5, 0.6) is 0 Å². The Morgan fingerprint density at radius 3 is 2.87 bits per heavy atom. The van der Waals surface area contributed by atoms with Crippen LogP contribution < -0.4 is 0 Å². The topological polar surface area (TPSA) is 37.3 Å². The van der Waals surface area contributed by atoms with Crippen molar-refractivity contribution in [3.63, 3.8) is 0 Å². The first-order chi connectivity index (χ1) is 7.11. The van der Waals surface area contributed by atoms with E-state index in [4.69, 9.17) is 5.11 Å². The lowest BCUT2D eigenvalue weighted by atomic mass is 9.98. The average Bonchev–Trinajstić information content (AvgIpc) is 2.61. The molecule has 0 aliphatic heterocycles. The second kappa shape index (κ2) is 3.66. The minimum atomic E-state index is -0.766. The zero-order valence-corrected chi connectivity index (χ0v) is 9.47. The molecule has 2 nitrogen and oxygen atoms in total. The predicted octanol–water partition coefficient (Wildman–Crippen LogP) is 3.40. The van der Waals surface area contributed by atoms with Gasteiger partial charge in [0, 0.05) is 4.70 Å². The zero-order valence-electron chi connectivity index (χ0n) is 8.65. The van der Waals surface area contributed by atoms with E-state index in [0.717, 1.165) is 21.2 Å². The third-order valence-electron chi connectivity index (χ3n) is 2.67. The van der Waals surface area contributed by atoms with Crippen LogP contribution in [0.1, 0.15) is 24.0 Å². The molecule has 78 valence electrons. The van der Waals surface area contributed by atoms with E-state index in [2.05, 4.69) is 0 Å². The number of fused-ring (bicyclic) bond motifs is 1. The summed E-state index contributed by atoms with van der Waals surface area (Å²) in [5.74, 6) is -1.20. The summed E-state index contributed by atoms with van der Waals surface area (Å²) in [5, 5.41) is 12.1. The summed E-state index contributed by atoms with van der Waals surface area (Å²) in [6.45, 7) is 3.75. The van der Waals surface area contributed by atoms with Crippen LogP contribution in [0.4, 0.5) is 0 Å². The Labute approximate surface area is 92.2 Å². The molecule has 1 atom stereocenters. The highest BCUT2D eigenvalue weighted by atomic mass is 32.1. The molecule has 1 unspecified atom stereocenters. The van der Waals surface area contributed by atoms with Crippen molar-refractivity contribution in [2.45, 2.75) is 19.8 Å². The molecule has 0 saturated heterocycles. The lowest BCUT2D eigenvalue weighted by Gasteiger charge is -2.06. The molecule has 15 heavy (non-hydrogen) atoms. The van der Waals surface area contributed by atoms with Crippen LogP contribution in [-0.2, 0) is 4.79 Å². The number of carbonyl (C=O) groups is 1. The van der Waals surface area contributed by atoms with Gasteiger partial charge in [0.05, 0.1) is 5.92 Å². The molecule has 0 aliphatic carbocycles. The Morgan fingerprint density at radius 1 is 1.47 bits per heavy atom. The quantitative estimate of drug-likeness (QED) is 0.842. The fourth-order valence-electron chi connectivity index (χ4n) is 1.75. The molecule has 0 aliphatic rings. The molecule has 0 spiro atoms. The number of carboxylic acids is 1. The lowest BCUT2D eigenvalue weighted by molar-refractivity contribution is -0.138. The van der Waals surface area contributed by atoms with Gasteiger partial charge >= 0.3 is 5.97 Å². The van der Waals surface area contributed by atoms with Crippen LogP contribution in [0.2, 0.25) is 0 Å². The second-order valence-corrected chi connectivity index (χ2v) is 4.61. The van der Waals surface area contributed by atoms with E-state index < -0.39 is 11.9 Å². The van der Waals surface area contributed by atoms with Crippen LogP contribution in [0.15, 0.2) is 23.6 Å². The van der Waals surface area contributed by atoms with Crippen molar-refractivity contribution in [3.8, 4) is 0 Å². The molecular weight excluding hydrogens is 208 g/mol. The molecule has 2 rings (SSSR count). The Balaban J connectivity index is 2.67. The zero-order chi connectivity index (χ0) is 11.0. The number of carboxylic acid groups (broad SMARTS) is 1. The molecular formula is C12H12O2S. The molecule has 1 aromatic heterocycles. The van der Waals surface area contributed by atoms with Gasteiger partial charge in [-0.15, -0.1) is 11.3 Å². The van der Waals surface area contributed by atoms with E-state index in [1.807, 2.05) is 30.5 Å². The molecule has 1 N–H and O–H groups in total. The van der Waals surface area contributed by atoms with E-state index in [9.17, 15) is 4.79 Å². The fraction of sp³-hybridized carbons (Fsp3) is 0.250. The van der Waals surface area contributed by atoms with Crippen LogP contribution in [0, 0.1) is 6.92 Å². The van der Waals surface area contributed by atoms with Gasteiger partial charge in [-0.3, -0.25) is 4.79 Å². The van der Waals surface area contributed by atoms with Gasteiger partial charge in [-0.2, -0.15) is 0 Å². The third-order valence-corrected chi connectivity index (χ3v) is 3.64. The van der Waals surface area contributed by atoms with E-state index in [0.29, 0.717) is 0 Å². The van der Waals surface area contributed by atoms with Gasteiger partial charge in [-0.1, -0.05) is 12.1 Å². The number of thiophene rings is 1. The molecule has 0 saturated carbocycles. The van der Waals surface area contributed by atoms with Gasteiger partial charge in [0.2, 0.25) is 0 Å². The highest BCUT2D eigenvalue weighted by Gasteiger charge is 2.18. The van der Waals surface area contributed by atoms with Crippen molar-refractivity contribution in [2.24, 2.45) is 0 Å². The standard InChI is InChI=1S/C12H12O2S/c1-7-4-3-5-10-11(7)9(6-15-10)8(2)12(13)14/h3-6,8H,1-2H3,(H,13,14). The Bertz CT molecular complexity index is 513. The summed E-state index contributed by atoms with van der Waals surface area (Å²) in [4.78, 5) is 11.0. The molecule has 2 aromatic rings. The van der Waals surface area contributed by atoms with Crippen molar-refractivity contribution in [1.82, 2.24) is 0 Å². The highest BCUT2D eigenvalue weighted by molar-refractivity contribution is 7.17. The molecule has 0 radical (unpaired) electrons. The number of benzene rings is 1. The summed E-state index contributed by atoms with van der Waals surface area (Å²) in [7, 11) is 0. The van der Waals surface area contributed by atoms with E-state index in [-0.39, 0.29) is 0 Å². The Kier molecular flexibility index (Phi) is 2.49. The SMILES string of the molecule is Cc1cccc2scc(C(C)C(=O)O)c12. The van der Waals surface area contributed by atoms with Crippen molar-refractivity contribution in [1.29, 1.82) is 0 Å². The van der Waals surface area contributed by atoms with Crippen LogP contribution in [0.3, 0.4) is 0 Å². The number of aryl methyl sites for hydroxylation is 1. The maximum atomic E-state index is 11.0. The average molecular weight is 220 g/mol. The van der Waals surface area contributed by atoms with Crippen LogP contribution >= 0.6 is 11.3 Å². The minimum absolute atomic E-state index is 0.431. The molecule has 0 amide bonds. The third kappa shape index (κ3) is 1.63. The molecule has 1 heterocycles. The number of rotatable bonds is 2. The maximum Gasteiger partial charge on any atom is 0.310 e. The first-order valence-corrected chi connectivity index (χ1v) is 5.68. The smallest absolute Gasteiger partial charge is 0.310 e. The number of aliphatic carboxylic acids is 1. The van der Waals surface area contributed by atoms with Crippen molar-refractivity contribution >= 4 is 27.4 Å². The van der Waals surface area contributed by atoms with Gasteiger partial charge in [-0.05, 0) is 41.8 Å². The van der Waals surface area contributed by atoms with E-state index in [1.54, 1.807) is 18.3 Å². The minimum Gasteiger partial charge on any atom is -0.481 e. The summed E-state index contributed by atoms with van der Waals surface area (Å²) >= 11 is 1.61. The van der Waals surface area contributed by atoms with Gasteiger partial charge in [0.1, 0.15) is 0 Å². The lowest BCUT2D eigenvalue weighted by Crippen LogP contribution is -2.06. The van der Waals surface area contributed by atoms with Crippen LogP contribution in [0.25, 0.3) is 10.1 Å². The molecule has 0 fully saturated rings. The van der Waals surface area contributed by atoms with Gasteiger partial charge in [0.15, 0.2) is 0 Å². The summed E-state index contributed by atoms with van der Waals surface area (Å²) in [6.07, 6.45) is 0. The monoisotopic (exact) mass is 220 g/mol. The first-order valence-electron chi connectivity index (χ1n) is 4.80. The van der Waals surface area contributed by atoms with Crippen LogP contribution in [-0.4, -0.2) is 11.1 Å². The normalized spacial score (nSPS) is 12.9. The van der Waals surface area contributed by atoms with Crippen molar-refractivity contribution in [2.75, 3.05) is 0 Å². The molecule has 0 bridgehead atoms. The van der Waals surface area contributed by atoms with Gasteiger partial charge in [0.25, 0.3) is 0 Å². The van der Waals surface area contributed by atoms with Gasteiger partial charge < -0.3 is 5.11 Å². The number of hydrogen-bond donors (Lipinski definition) is 1. The van der Waals surface area contributed by atoms with Crippen molar-refractivity contribution in [3.05, 3.63) is 34.7 Å². The predicted molar refractivity (Wildman–Crippen MR) is 62.6 cm³/mol. The van der Waals surface area contributed by atoms with E-state index >= 15 is 0 Å². The Morgan fingerprint density at radius 2 is 2.20 bits per heavy atom. The summed E-state index contributed by atoms with van der Waals surface area (Å²) in [6, 6.07) is 6.06. The Hall–Kier alpha value is -1.35. The highest BCUT2D eigenvalue weighted by Crippen LogP contribution is 2.33. The molecule has 3 heteroatoms. The molecule has 1 aromatic carbocycles. The second-order valence-electron chi connectivity index (χ2n) is 3.70. The summed E-state index contributed by atoms with van der Waals surface area (Å²) < 4.78 is 1.16. The fourth-order valence-corrected chi connectivity index (χ4v) is 2.88.